The molecule has 0 aliphatic rings. The Morgan fingerprint density at radius 1 is 1.33 bits per heavy atom. The molecule has 1 aromatic carbocycles. The van der Waals surface area contributed by atoms with Crippen molar-refractivity contribution in [2.45, 2.75) is 13.8 Å². The molecule has 6 heteroatoms. The van der Waals surface area contributed by atoms with Crippen molar-refractivity contribution in [2.24, 2.45) is 7.05 Å². The van der Waals surface area contributed by atoms with Crippen molar-refractivity contribution in [3.05, 3.63) is 63.0 Å². The summed E-state index contributed by atoms with van der Waals surface area (Å²) in [5.41, 5.74) is 2.32. The van der Waals surface area contributed by atoms with Crippen molar-refractivity contribution >= 4 is 17.5 Å². The number of aryl methyl sites for hydroxylation is 2. The van der Waals surface area contributed by atoms with Crippen molar-refractivity contribution in [2.75, 3.05) is 0 Å². The van der Waals surface area contributed by atoms with Gasteiger partial charge in [-0.05, 0) is 32.1 Å². The molecule has 0 radical (unpaired) electrons. The summed E-state index contributed by atoms with van der Waals surface area (Å²) in [4.78, 5) is 22.7. The van der Waals surface area contributed by atoms with Crippen molar-refractivity contribution in [3.63, 3.8) is 0 Å². The second kappa shape index (κ2) is 5.70. The summed E-state index contributed by atoms with van der Waals surface area (Å²) in [5.74, 6) is -0.212. The maximum atomic E-state index is 12.2. The Hall–Kier alpha value is -2.76. The van der Waals surface area contributed by atoms with Crippen LogP contribution in [-0.2, 0) is 7.05 Å². The Morgan fingerprint density at radius 2 is 2.00 bits per heavy atom. The highest BCUT2D eigenvalue weighted by Crippen LogP contribution is 2.20. The monoisotopic (exact) mass is 285 g/mol. The van der Waals surface area contributed by atoms with E-state index in [2.05, 4.69) is 5.10 Å². The maximum absolute atomic E-state index is 12.2. The number of hydrogen-bond acceptors (Lipinski definition) is 4. The number of ketones is 1. The summed E-state index contributed by atoms with van der Waals surface area (Å²) in [7, 11) is 1.77. The maximum Gasteiger partial charge on any atom is 0.276 e. The number of carbonyl (C=O) groups is 1. The minimum Gasteiger partial charge on any atom is -0.289 e. The lowest BCUT2D eigenvalue weighted by molar-refractivity contribution is -0.385. The number of allylic oxidation sites excluding steroid dienone is 1. The van der Waals surface area contributed by atoms with Gasteiger partial charge in [0.05, 0.1) is 21.7 Å². The fourth-order valence-electron chi connectivity index (χ4n) is 2.17. The number of carbonyl (C=O) groups excluding carboxylic acids is 1. The smallest absolute Gasteiger partial charge is 0.276 e. The first-order valence-corrected chi connectivity index (χ1v) is 6.38. The van der Waals surface area contributed by atoms with Gasteiger partial charge in [-0.3, -0.25) is 19.6 Å². The summed E-state index contributed by atoms with van der Waals surface area (Å²) in [5, 5.41) is 15.1. The Kier molecular flexibility index (Phi) is 3.98. The molecule has 0 atom stereocenters. The highest BCUT2D eigenvalue weighted by Gasteiger charge is 2.15. The normalized spacial score (nSPS) is 11.0. The van der Waals surface area contributed by atoms with Crippen LogP contribution < -0.4 is 0 Å². The van der Waals surface area contributed by atoms with Crippen LogP contribution >= 0.6 is 0 Å². The van der Waals surface area contributed by atoms with Crippen LogP contribution in [0.25, 0.3) is 6.08 Å². The van der Waals surface area contributed by atoms with Crippen LogP contribution in [0.3, 0.4) is 0 Å². The Morgan fingerprint density at radius 3 is 2.57 bits per heavy atom. The Balaban J connectivity index is 2.34. The van der Waals surface area contributed by atoms with E-state index in [1.165, 1.54) is 18.2 Å². The van der Waals surface area contributed by atoms with Crippen LogP contribution in [0.2, 0.25) is 0 Å². The summed E-state index contributed by atoms with van der Waals surface area (Å²) in [6.45, 7) is 3.57. The van der Waals surface area contributed by atoms with E-state index in [-0.39, 0.29) is 11.5 Å². The fourth-order valence-corrected chi connectivity index (χ4v) is 2.17. The zero-order chi connectivity index (χ0) is 15.6. The van der Waals surface area contributed by atoms with Gasteiger partial charge in [-0.2, -0.15) is 5.10 Å². The molecule has 0 N–H and O–H groups in total. The Bertz CT molecular complexity index is 745. The van der Waals surface area contributed by atoms with Gasteiger partial charge in [0.25, 0.3) is 5.69 Å². The molecule has 0 fully saturated rings. The van der Waals surface area contributed by atoms with Gasteiger partial charge in [0.15, 0.2) is 5.78 Å². The topological polar surface area (TPSA) is 78.0 Å². The van der Waals surface area contributed by atoms with Crippen molar-refractivity contribution in [1.82, 2.24) is 9.78 Å². The van der Waals surface area contributed by atoms with Gasteiger partial charge in [0, 0.05) is 18.8 Å². The average molecular weight is 285 g/mol. The minimum atomic E-state index is -0.468. The third-order valence-corrected chi connectivity index (χ3v) is 3.30. The van der Waals surface area contributed by atoms with E-state index in [9.17, 15) is 14.9 Å². The standard InChI is InChI=1S/C15H15N3O3/c1-10-15(11(2)17(3)16-10)14(19)9-8-12-6-4-5-7-13(12)18(20)21/h4-9H,1-3H3/b9-8-. The van der Waals surface area contributed by atoms with Crippen LogP contribution in [0, 0.1) is 24.0 Å². The van der Waals surface area contributed by atoms with E-state index in [4.69, 9.17) is 0 Å². The first-order valence-electron chi connectivity index (χ1n) is 6.38. The number of nitro groups is 1. The summed E-state index contributed by atoms with van der Waals surface area (Å²) < 4.78 is 1.64. The van der Waals surface area contributed by atoms with Gasteiger partial charge >= 0.3 is 0 Å². The van der Waals surface area contributed by atoms with E-state index in [1.54, 1.807) is 36.9 Å². The number of para-hydroxylation sites is 1. The van der Waals surface area contributed by atoms with Crippen molar-refractivity contribution < 1.29 is 9.72 Å². The van der Waals surface area contributed by atoms with Gasteiger partial charge < -0.3 is 0 Å². The van der Waals surface area contributed by atoms with Crippen molar-refractivity contribution in [1.29, 1.82) is 0 Å². The first kappa shape index (κ1) is 14.6. The third-order valence-electron chi connectivity index (χ3n) is 3.30. The van der Waals surface area contributed by atoms with E-state index in [1.807, 2.05) is 6.92 Å². The van der Waals surface area contributed by atoms with E-state index < -0.39 is 4.92 Å². The van der Waals surface area contributed by atoms with Crippen LogP contribution in [0.4, 0.5) is 5.69 Å². The molecule has 0 aliphatic heterocycles. The van der Waals surface area contributed by atoms with Crippen molar-refractivity contribution in [3.8, 4) is 0 Å². The van der Waals surface area contributed by atoms with Crippen LogP contribution in [0.1, 0.15) is 27.3 Å². The van der Waals surface area contributed by atoms with Gasteiger partial charge in [0.2, 0.25) is 0 Å². The quantitative estimate of drug-likeness (QED) is 0.374. The van der Waals surface area contributed by atoms with Crippen LogP contribution in [-0.4, -0.2) is 20.5 Å². The second-order valence-corrected chi connectivity index (χ2v) is 4.68. The molecule has 0 saturated carbocycles. The molecule has 0 amide bonds. The predicted octanol–water partition coefficient (Wildman–Crippen LogP) is 2.84. The number of aromatic nitrogens is 2. The molecule has 6 nitrogen and oxygen atoms in total. The highest BCUT2D eigenvalue weighted by atomic mass is 16.6. The molecule has 0 spiro atoms. The van der Waals surface area contributed by atoms with Gasteiger partial charge in [-0.15, -0.1) is 0 Å². The fraction of sp³-hybridized carbons (Fsp3) is 0.200. The summed E-state index contributed by atoms with van der Waals surface area (Å²) in [6, 6.07) is 6.29. The SMILES string of the molecule is Cc1nn(C)c(C)c1C(=O)/C=C\c1ccccc1[N+](=O)[O-]. The lowest BCUT2D eigenvalue weighted by atomic mass is 10.1. The van der Waals surface area contributed by atoms with E-state index in [0.717, 1.165) is 5.69 Å². The lowest BCUT2D eigenvalue weighted by Gasteiger charge is -1.98. The molecule has 108 valence electrons. The zero-order valence-corrected chi connectivity index (χ0v) is 12.0. The van der Waals surface area contributed by atoms with E-state index >= 15 is 0 Å². The Labute approximate surface area is 121 Å². The average Bonchev–Trinajstić information content (AvgIpc) is 2.70. The molecular weight excluding hydrogens is 270 g/mol. The summed E-state index contributed by atoms with van der Waals surface area (Å²) in [6.07, 6.45) is 2.81. The minimum absolute atomic E-state index is 0.0267. The number of benzene rings is 1. The molecule has 1 heterocycles. The van der Waals surface area contributed by atoms with Crippen LogP contribution in [0.15, 0.2) is 30.3 Å². The van der Waals surface area contributed by atoms with Gasteiger partial charge in [-0.25, -0.2) is 0 Å². The molecule has 21 heavy (non-hydrogen) atoms. The molecule has 0 unspecified atom stereocenters. The van der Waals surface area contributed by atoms with Crippen LogP contribution in [0.5, 0.6) is 0 Å². The zero-order valence-electron chi connectivity index (χ0n) is 12.0. The molecular formula is C15H15N3O3. The van der Waals surface area contributed by atoms with E-state index in [0.29, 0.717) is 16.8 Å². The molecule has 0 aliphatic carbocycles. The number of hydrogen-bond donors (Lipinski definition) is 0. The van der Waals surface area contributed by atoms with Gasteiger partial charge in [0.1, 0.15) is 0 Å². The molecule has 2 aromatic rings. The molecule has 0 saturated heterocycles. The van der Waals surface area contributed by atoms with Gasteiger partial charge in [-0.1, -0.05) is 12.1 Å². The number of nitrogens with zero attached hydrogens (tertiary/aromatic N) is 3. The summed E-state index contributed by atoms with van der Waals surface area (Å²) >= 11 is 0. The lowest BCUT2D eigenvalue weighted by Crippen LogP contribution is -1.99. The predicted molar refractivity (Wildman–Crippen MR) is 79.1 cm³/mol. The number of rotatable bonds is 4. The third kappa shape index (κ3) is 2.89. The highest BCUT2D eigenvalue weighted by molar-refractivity contribution is 6.08. The molecule has 1 aromatic heterocycles. The largest absolute Gasteiger partial charge is 0.289 e. The number of nitro benzene ring substituents is 1. The second-order valence-electron chi connectivity index (χ2n) is 4.68. The molecule has 2 rings (SSSR count). The molecule has 0 bridgehead atoms. The first-order chi connectivity index (χ1) is 9.91.